The average molecular weight is 411 g/mol. The number of rotatable bonds is 11. The van der Waals surface area contributed by atoms with E-state index in [0.717, 1.165) is 29.1 Å². The van der Waals surface area contributed by atoms with Crippen LogP contribution in [0.15, 0.2) is 21.6 Å². The summed E-state index contributed by atoms with van der Waals surface area (Å²) >= 11 is 6.64. The number of amides is 1. The highest BCUT2D eigenvalue weighted by Crippen LogP contribution is 2.15. The minimum absolute atomic E-state index is 0.331. The minimum Gasteiger partial charge on any atom is -0.480 e. The van der Waals surface area contributed by atoms with Crippen molar-refractivity contribution in [3.8, 4) is 0 Å². The first-order valence-electron chi connectivity index (χ1n) is 6.69. The first kappa shape index (κ1) is 19.4. The van der Waals surface area contributed by atoms with Crippen LogP contribution in [0.3, 0.4) is 0 Å². The summed E-state index contributed by atoms with van der Waals surface area (Å²) in [4.78, 5) is 21.4. The zero-order valence-electron chi connectivity index (χ0n) is 11.4. The Morgan fingerprint density at radius 1 is 1.00 bits per heavy atom. The van der Waals surface area contributed by atoms with Gasteiger partial charge in [0.15, 0.2) is 0 Å². The molecule has 0 rings (SSSR count). The summed E-state index contributed by atoms with van der Waals surface area (Å²) in [6.45, 7) is -0.331. The molecule has 0 spiro atoms. The number of aliphatic carboxylic acids is 1. The van der Waals surface area contributed by atoms with Crippen LogP contribution in [0.1, 0.15) is 44.9 Å². The number of carboxylic acid groups (broad SMARTS) is 1. The molecule has 1 amide bonds. The molecule has 0 aromatic rings. The Bertz CT molecular complexity index is 350. The highest BCUT2D eigenvalue weighted by Gasteiger charge is 1.98. The number of hydrogen-bond acceptors (Lipinski definition) is 2. The monoisotopic (exact) mass is 409 g/mol. The number of allylic oxidation sites excluding steroid dienone is 2. The van der Waals surface area contributed by atoms with Crippen molar-refractivity contribution in [3.63, 3.8) is 0 Å². The van der Waals surface area contributed by atoms with Crippen LogP contribution in [0.25, 0.3) is 0 Å². The summed E-state index contributed by atoms with van der Waals surface area (Å²) in [5.74, 6) is -1.38. The molecule has 0 radical (unpaired) electrons. The molecule has 0 aliphatic carbocycles. The number of carbonyl (C=O) groups excluding carboxylic acids is 1. The highest BCUT2D eigenvalue weighted by atomic mass is 79.9. The molecule has 0 aliphatic heterocycles. The van der Waals surface area contributed by atoms with E-state index in [1.54, 1.807) is 6.08 Å². The summed E-state index contributed by atoms with van der Waals surface area (Å²) in [6.07, 6.45) is 13.1. The Hall–Kier alpha value is -0.620. The number of hydrogen-bond donors (Lipinski definition) is 2. The van der Waals surface area contributed by atoms with Crippen LogP contribution in [0, 0.1) is 0 Å². The van der Waals surface area contributed by atoms with E-state index in [-0.39, 0.29) is 12.5 Å². The Balaban J connectivity index is 3.37. The van der Waals surface area contributed by atoms with Crippen LogP contribution in [-0.4, -0.2) is 23.5 Å². The Morgan fingerprint density at radius 3 is 2.20 bits per heavy atom. The van der Waals surface area contributed by atoms with Crippen LogP contribution in [-0.2, 0) is 9.59 Å². The van der Waals surface area contributed by atoms with E-state index >= 15 is 0 Å². The summed E-state index contributed by atoms with van der Waals surface area (Å²) in [5.41, 5.74) is 0. The van der Waals surface area contributed by atoms with Crippen molar-refractivity contribution >= 4 is 43.7 Å². The summed E-state index contributed by atoms with van der Waals surface area (Å²) in [5, 5.41) is 10.7. The molecule has 0 aromatic heterocycles. The van der Waals surface area contributed by atoms with Crippen molar-refractivity contribution in [1.29, 1.82) is 0 Å². The molecule has 0 aliphatic rings. The van der Waals surface area contributed by atoms with Gasteiger partial charge in [-0.05, 0) is 63.6 Å². The van der Waals surface area contributed by atoms with Gasteiger partial charge in [0.25, 0.3) is 0 Å². The molecule has 114 valence electrons. The van der Waals surface area contributed by atoms with Crippen molar-refractivity contribution in [1.82, 2.24) is 5.32 Å². The van der Waals surface area contributed by atoms with E-state index in [1.165, 1.54) is 25.3 Å². The Kier molecular flexibility index (Phi) is 13.0. The van der Waals surface area contributed by atoms with Gasteiger partial charge in [-0.25, -0.2) is 0 Å². The fraction of sp³-hybridized carbons (Fsp3) is 0.571. The second kappa shape index (κ2) is 13.4. The molecule has 0 aromatic carbocycles. The Morgan fingerprint density at radius 2 is 1.60 bits per heavy atom. The van der Waals surface area contributed by atoms with Gasteiger partial charge in [0.1, 0.15) is 6.54 Å². The molecule has 0 bridgehead atoms. The first-order chi connectivity index (χ1) is 9.52. The molecule has 0 heterocycles. The second-order valence-corrected chi connectivity index (χ2v) is 7.13. The van der Waals surface area contributed by atoms with Crippen molar-refractivity contribution in [2.75, 3.05) is 6.54 Å². The second-order valence-electron chi connectivity index (χ2n) is 4.35. The van der Waals surface area contributed by atoms with Gasteiger partial charge >= 0.3 is 5.97 Å². The molecule has 20 heavy (non-hydrogen) atoms. The molecule has 0 unspecified atom stereocenters. The van der Waals surface area contributed by atoms with Gasteiger partial charge < -0.3 is 10.4 Å². The van der Waals surface area contributed by atoms with Crippen LogP contribution in [0.4, 0.5) is 0 Å². The lowest BCUT2D eigenvalue weighted by Crippen LogP contribution is -2.27. The fourth-order valence-corrected chi connectivity index (χ4v) is 2.02. The molecular formula is C14H21Br2NO3. The maximum Gasteiger partial charge on any atom is 0.322 e. The molecule has 0 atom stereocenters. The van der Waals surface area contributed by atoms with E-state index in [9.17, 15) is 9.59 Å². The lowest BCUT2D eigenvalue weighted by Gasteiger charge is -1.99. The standard InChI is InChI=1S/C14H21Br2NO3/c15-12(16)9-7-5-3-1-2-4-6-8-10-13(18)17-11-14(19)20/h8-10H,1-7,11H2,(H,17,18)(H,19,20)/b10-8+. The number of unbranched alkanes of at least 4 members (excludes halogenated alkanes) is 6. The SMILES string of the molecule is O=C(O)CNC(=O)/C=C/CCCCCCCC=C(Br)Br. The third-order valence-corrected chi connectivity index (χ3v) is 3.20. The first-order valence-corrected chi connectivity index (χ1v) is 8.28. The maximum atomic E-state index is 11.1. The topological polar surface area (TPSA) is 66.4 Å². The summed E-state index contributed by atoms with van der Waals surface area (Å²) < 4.78 is 1.01. The van der Waals surface area contributed by atoms with E-state index in [2.05, 4.69) is 43.3 Å². The highest BCUT2D eigenvalue weighted by molar-refractivity contribution is 9.28. The third-order valence-electron chi connectivity index (χ3n) is 2.56. The number of halogens is 2. The quantitative estimate of drug-likeness (QED) is 0.398. The van der Waals surface area contributed by atoms with Crippen LogP contribution in [0.5, 0.6) is 0 Å². The lowest BCUT2D eigenvalue weighted by atomic mass is 10.1. The summed E-state index contributed by atoms with van der Waals surface area (Å²) in [7, 11) is 0. The number of carbonyl (C=O) groups is 2. The fourth-order valence-electron chi connectivity index (χ4n) is 1.56. The van der Waals surface area contributed by atoms with E-state index in [1.807, 2.05) is 0 Å². The van der Waals surface area contributed by atoms with Crippen molar-refractivity contribution in [2.24, 2.45) is 0 Å². The molecule has 0 saturated carbocycles. The van der Waals surface area contributed by atoms with E-state index in [0.29, 0.717) is 0 Å². The normalized spacial score (nSPS) is 10.5. The van der Waals surface area contributed by atoms with Crippen LogP contribution < -0.4 is 5.32 Å². The van der Waals surface area contributed by atoms with Crippen LogP contribution in [0.2, 0.25) is 0 Å². The van der Waals surface area contributed by atoms with Gasteiger partial charge in [-0.2, -0.15) is 0 Å². The lowest BCUT2D eigenvalue weighted by molar-refractivity contribution is -0.137. The minimum atomic E-state index is -1.03. The van der Waals surface area contributed by atoms with Crippen molar-refractivity contribution in [2.45, 2.75) is 44.9 Å². The molecule has 6 heteroatoms. The average Bonchev–Trinajstić information content (AvgIpc) is 2.38. The molecule has 4 nitrogen and oxygen atoms in total. The van der Waals surface area contributed by atoms with Crippen molar-refractivity contribution < 1.29 is 14.7 Å². The number of carboxylic acids is 1. The zero-order valence-corrected chi connectivity index (χ0v) is 14.6. The maximum absolute atomic E-state index is 11.1. The smallest absolute Gasteiger partial charge is 0.322 e. The van der Waals surface area contributed by atoms with Gasteiger partial charge in [-0.15, -0.1) is 0 Å². The van der Waals surface area contributed by atoms with Gasteiger partial charge in [0.2, 0.25) is 5.91 Å². The zero-order chi connectivity index (χ0) is 15.2. The molecule has 0 saturated heterocycles. The summed E-state index contributed by atoms with van der Waals surface area (Å²) in [6, 6.07) is 0. The van der Waals surface area contributed by atoms with Gasteiger partial charge in [-0.1, -0.05) is 31.4 Å². The van der Waals surface area contributed by atoms with Crippen molar-refractivity contribution in [3.05, 3.63) is 21.6 Å². The largest absolute Gasteiger partial charge is 0.480 e. The number of nitrogens with one attached hydrogen (secondary N) is 1. The predicted octanol–water partition coefficient (Wildman–Crippen LogP) is 4.11. The third kappa shape index (κ3) is 15.4. The van der Waals surface area contributed by atoms with Gasteiger partial charge in [0.05, 0.1) is 3.39 Å². The molecule has 0 fully saturated rings. The van der Waals surface area contributed by atoms with E-state index < -0.39 is 5.97 Å². The van der Waals surface area contributed by atoms with Gasteiger partial charge in [-0.3, -0.25) is 9.59 Å². The Labute approximate surface area is 137 Å². The predicted molar refractivity (Wildman–Crippen MR) is 88.0 cm³/mol. The molecular weight excluding hydrogens is 390 g/mol. The van der Waals surface area contributed by atoms with Crippen LogP contribution >= 0.6 is 31.9 Å². The molecule has 2 N–H and O–H groups in total. The van der Waals surface area contributed by atoms with E-state index in [4.69, 9.17) is 5.11 Å². The van der Waals surface area contributed by atoms with Gasteiger partial charge in [0, 0.05) is 0 Å².